The number of carbonyl (C=O) groups excluding carboxylic acids is 3. The fourth-order valence-electron chi connectivity index (χ4n) is 2.37. The monoisotopic (exact) mass is 422 g/mol. The molecule has 3 amide bonds. The van der Waals surface area contributed by atoms with Gasteiger partial charge >= 0.3 is 6.09 Å². The van der Waals surface area contributed by atoms with Crippen LogP contribution in [0.25, 0.3) is 0 Å². The van der Waals surface area contributed by atoms with E-state index in [4.69, 9.17) is 4.74 Å². The third-order valence-corrected chi connectivity index (χ3v) is 3.67. The molecule has 0 aliphatic carbocycles. The number of alkyl carbamates (subject to hydrolysis) is 1. The van der Waals surface area contributed by atoms with Crippen LogP contribution < -0.4 is 21.7 Å². The number of rotatable bonds is 8. The van der Waals surface area contributed by atoms with E-state index in [1.807, 2.05) is 46.8 Å². The molecule has 0 radical (unpaired) electrons. The molecule has 0 aliphatic rings. The summed E-state index contributed by atoms with van der Waals surface area (Å²) in [4.78, 5) is 35.6. The van der Waals surface area contributed by atoms with Crippen molar-refractivity contribution >= 4 is 23.6 Å². The van der Waals surface area contributed by atoms with Crippen molar-refractivity contribution in [2.45, 2.75) is 66.0 Å². The van der Waals surface area contributed by atoms with Gasteiger partial charge in [0.25, 0.3) is 0 Å². The highest BCUT2D eigenvalue weighted by Gasteiger charge is 2.17. The first-order valence-electron chi connectivity index (χ1n) is 10.2. The van der Waals surface area contributed by atoms with Crippen LogP contribution in [0.5, 0.6) is 0 Å². The number of anilines is 1. The fraction of sp³-hybridized carbons (Fsp3) is 0.591. The second-order valence-electron chi connectivity index (χ2n) is 8.25. The number of amides is 3. The Bertz CT molecular complexity index is 667. The quantitative estimate of drug-likeness (QED) is 0.513. The summed E-state index contributed by atoms with van der Waals surface area (Å²) in [6, 6.07) is 6.75. The predicted molar refractivity (Wildman–Crippen MR) is 120 cm³/mol. The molecule has 1 aromatic carbocycles. The van der Waals surface area contributed by atoms with E-state index >= 15 is 0 Å². The van der Waals surface area contributed by atoms with Crippen molar-refractivity contribution in [2.75, 3.05) is 18.9 Å². The number of nitrogens with one attached hydrogen (secondary N) is 3. The van der Waals surface area contributed by atoms with Gasteiger partial charge in [-0.05, 0) is 64.8 Å². The largest absolute Gasteiger partial charge is 0.444 e. The summed E-state index contributed by atoms with van der Waals surface area (Å²) < 4.78 is 5.18. The van der Waals surface area contributed by atoms with E-state index in [2.05, 4.69) is 21.7 Å². The molecule has 0 saturated heterocycles. The van der Waals surface area contributed by atoms with Crippen LogP contribution in [0.1, 0.15) is 53.5 Å². The summed E-state index contributed by atoms with van der Waals surface area (Å²) in [6.07, 6.45) is 0.601. The number of benzene rings is 1. The standard InChI is InChI=1S/C21H33N3O4.CH5N/c1-14(2)13-18(25)23-15(3)19(26)24-17-9-7-16(8-10-17)11-12-22-20(27)28-21(4,5)6;1-2/h7-10,14-15H,11-13H2,1-6H3,(H,22,27)(H,23,25)(H,24,26);2H2,1H3. The summed E-state index contributed by atoms with van der Waals surface area (Å²) in [7, 11) is 1.50. The summed E-state index contributed by atoms with van der Waals surface area (Å²) in [5.41, 5.74) is 5.65. The van der Waals surface area contributed by atoms with Crippen LogP contribution in [0.3, 0.4) is 0 Å². The molecule has 1 atom stereocenters. The summed E-state index contributed by atoms with van der Waals surface area (Å²) >= 11 is 0. The lowest BCUT2D eigenvalue weighted by molar-refractivity contribution is -0.126. The minimum absolute atomic E-state index is 0.134. The minimum Gasteiger partial charge on any atom is -0.444 e. The number of hydrogen-bond acceptors (Lipinski definition) is 5. The Morgan fingerprint density at radius 3 is 2.10 bits per heavy atom. The zero-order valence-electron chi connectivity index (χ0n) is 19.3. The van der Waals surface area contributed by atoms with Gasteiger partial charge in [0, 0.05) is 18.7 Å². The van der Waals surface area contributed by atoms with Crippen molar-refractivity contribution in [3.05, 3.63) is 29.8 Å². The molecule has 1 unspecified atom stereocenters. The van der Waals surface area contributed by atoms with Crippen molar-refractivity contribution in [2.24, 2.45) is 11.7 Å². The van der Waals surface area contributed by atoms with E-state index < -0.39 is 17.7 Å². The van der Waals surface area contributed by atoms with Crippen molar-refractivity contribution in [1.29, 1.82) is 0 Å². The molecule has 0 heterocycles. The van der Waals surface area contributed by atoms with Gasteiger partial charge in [-0.2, -0.15) is 0 Å². The van der Waals surface area contributed by atoms with E-state index in [1.165, 1.54) is 7.05 Å². The number of carbonyl (C=O) groups is 3. The van der Waals surface area contributed by atoms with Gasteiger partial charge in [-0.25, -0.2) is 4.79 Å². The molecule has 8 heteroatoms. The predicted octanol–water partition coefficient (Wildman–Crippen LogP) is 2.82. The van der Waals surface area contributed by atoms with Gasteiger partial charge in [0.1, 0.15) is 11.6 Å². The first-order chi connectivity index (χ1) is 14.0. The summed E-state index contributed by atoms with van der Waals surface area (Å²) in [5, 5.41) is 8.19. The maximum atomic E-state index is 12.2. The van der Waals surface area contributed by atoms with Gasteiger partial charge in [0.15, 0.2) is 0 Å². The van der Waals surface area contributed by atoms with Gasteiger partial charge in [0.2, 0.25) is 11.8 Å². The zero-order valence-corrected chi connectivity index (χ0v) is 19.3. The molecule has 0 bridgehead atoms. The lowest BCUT2D eigenvalue weighted by Gasteiger charge is -2.19. The Balaban J connectivity index is 0.00000407. The highest BCUT2D eigenvalue weighted by molar-refractivity contribution is 5.96. The fourth-order valence-corrected chi connectivity index (χ4v) is 2.37. The second-order valence-corrected chi connectivity index (χ2v) is 8.25. The molecule has 0 spiro atoms. The minimum atomic E-state index is -0.607. The Morgan fingerprint density at radius 2 is 1.60 bits per heavy atom. The third-order valence-electron chi connectivity index (χ3n) is 3.67. The highest BCUT2D eigenvalue weighted by atomic mass is 16.6. The van der Waals surface area contributed by atoms with Crippen molar-refractivity contribution in [3.63, 3.8) is 0 Å². The molecule has 8 nitrogen and oxygen atoms in total. The SMILES string of the molecule is CC(C)CC(=O)NC(C)C(=O)Nc1ccc(CCNC(=O)OC(C)(C)C)cc1.CN. The van der Waals surface area contributed by atoms with Crippen LogP contribution in [-0.4, -0.2) is 43.1 Å². The molecule has 0 aromatic heterocycles. The van der Waals surface area contributed by atoms with E-state index in [1.54, 1.807) is 19.1 Å². The second kappa shape index (κ2) is 13.6. The Labute approximate surface area is 180 Å². The van der Waals surface area contributed by atoms with Crippen LogP contribution in [-0.2, 0) is 20.7 Å². The first-order valence-corrected chi connectivity index (χ1v) is 10.2. The van der Waals surface area contributed by atoms with Crippen molar-refractivity contribution in [1.82, 2.24) is 10.6 Å². The molecular formula is C22H38N4O4. The smallest absolute Gasteiger partial charge is 0.407 e. The van der Waals surface area contributed by atoms with E-state index in [-0.39, 0.29) is 17.7 Å². The van der Waals surface area contributed by atoms with Gasteiger partial charge in [-0.15, -0.1) is 0 Å². The molecule has 5 N–H and O–H groups in total. The van der Waals surface area contributed by atoms with Crippen LogP contribution in [0.2, 0.25) is 0 Å². The van der Waals surface area contributed by atoms with Crippen LogP contribution >= 0.6 is 0 Å². The Kier molecular flexibility index (Phi) is 12.4. The number of ether oxygens (including phenoxy) is 1. The molecule has 170 valence electrons. The van der Waals surface area contributed by atoms with E-state index in [0.29, 0.717) is 25.1 Å². The van der Waals surface area contributed by atoms with Crippen LogP contribution in [0, 0.1) is 5.92 Å². The van der Waals surface area contributed by atoms with Crippen LogP contribution in [0.4, 0.5) is 10.5 Å². The summed E-state index contributed by atoms with van der Waals surface area (Å²) in [6.45, 7) is 11.5. The van der Waals surface area contributed by atoms with E-state index in [0.717, 1.165) is 5.56 Å². The molecule has 1 rings (SSSR count). The van der Waals surface area contributed by atoms with Crippen molar-refractivity contribution in [3.8, 4) is 0 Å². The lowest BCUT2D eigenvalue weighted by Crippen LogP contribution is -2.41. The normalized spacial score (nSPS) is 11.6. The Hall–Kier alpha value is -2.61. The van der Waals surface area contributed by atoms with Gasteiger partial charge in [0.05, 0.1) is 0 Å². The molecule has 30 heavy (non-hydrogen) atoms. The average Bonchev–Trinajstić information content (AvgIpc) is 2.62. The zero-order chi connectivity index (χ0) is 23.3. The number of nitrogens with two attached hydrogens (primary N) is 1. The third kappa shape index (κ3) is 12.8. The maximum Gasteiger partial charge on any atom is 0.407 e. The summed E-state index contributed by atoms with van der Waals surface area (Å²) in [5.74, 6) is -0.158. The van der Waals surface area contributed by atoms with Gasteiger partial charge in [-0.1, -0.05) is 26.0 Å². The Morgan fingerprint density at radius 1 is 1.03 bits per heavy atom. The van der Waals surface area contributed by atoms with Crippen molar-refractivity contribution < 1.29 is 19.1 Å². The molecule has 1 aromatic rings. The maximum absolute atomic E-state index is 12.2. The topological polar surface area (TPSA) is 123 Å². The highest BCUT2D eigenvalue weighted by Crippen LogP contribution is 2.11. The number of hydrogen-bond donors (Lipinski definition) is 4. The molecule has 0 aliphatic heterocycles. The lowest BCUT2D eigenvalue weighted by atomic mass is 10.1. The van der Waals surface area contributed by atoms with Crippen LogP contribution in [0.15, 0.2) is 24.3 Å². The molecule has 0 fully saturated rings. The first kappa shape index (κ1) is 27.4. The average molecular weight is 423 g/mol. The van der Waals surface area contributed by atoms with Gasteiger partial charge in [-0.3, -0.25) is 9.59 Å². The van der Waals surface area contributed by atoms with Gasteiger partial charge < -0.3 is 26.4 Å². The van der Waals surface area contributed by atoms with E-state index in [9.17, 15) is 14.4 Å². The molecular weight excluding hydrogens is 384 g/mol. The molecule has 0 saturated carbocycles.